The fraction of sp³-hybridized carbons (Fsp3) is 1.00. The van der Waals surface area contributed by atoms with Gasteiger partial charge in [-0.1, -0.05) is 33.1 Å². The molecule has 1 aliphatic rings. The molecule has 1 saturated heterocycles. The molecule has 1 aliphatic heterocycles. The maximum atomic E-state index is 2.34. The quantitative estimate of drug-likeness (QED) is 0.554. The molecule has 1 fully saturated rings. The van der Waals surface area contributed by atoms with E-state index >= 15 is 0 Å². The van der Waals surface area contributed by atoms with Crippen LogP contribution in [0.2, 0.25) is 0 Å². The molecule has 0 bridgehead atoms. The van der Waals surface area contributed by atoms with Gasteiger partial charge in [-0.2, -0.15) is 0 Å². The highest BCUT2D eigenvalue weighted by molar-refractivity contribution is 4.59. The average Bonchev–Trinajstić information content (AvgIpc) is 2.65. The van der Waals surface area contributed by atoms with E-state index in [2.05, 4.69) is 13.8 Å². The lowest BCUT2D eigenvalue weighted by Crippen LogP contribution is -3.10. The number of hydrogen-bond donors (Lipinski definition) is 1. The van der Waals surface area contributed by atoms with Gasteiger partial charge in [-0.3, -0.25) is 0 Å². The molecule has 1 nitrogen and oxygen atoms in total. The second-order valence-corrected chi connectivity index (χ2v) is 4.93. The molecule has 1 heterocycles. The highest BCUT2D eigenvalue weighted by Gasteiger charge is 2.23. The summed E-state index contributed by atoms with van der Waals surface area (Å²) in [4.78, 5) is 1.88. The Bertz CT molecular complexity index is 138. The van der Waals surface area contributed by atoms with Crippen molar-refractivity contribution in [1.82, 2.24) is 0 Å². The molecule has 0 saturated carbocycles. The van der Waals surface area contributed by atoms with Gasteiger partial charge in [0.2, 0.25) is 0 Å². The van der Waals surface area contributed by atoms with Crippen molar-refractivity contribution in [2.24, 2.45) is 5.92 Å². The summed E-state index contributed by atoms with van der Waals surface area (Å²) in [6.07, 6.45) is 10.1. The molecule has 2 heteroatoms. The molecule has 0 aromatic carbocycles. The Morgan fingerprint density at radius 2 is 1.80 bits per heavy atom. The van der Waals surface area contributed by atoms with Crippen molar-refractivity contribution in [3.63, 3.8) is 0 Å². The van der Waals surface area contributed by atoms with Gasteiger partial charge < -0.3 is 17.3 Å². The highest BCUT2D eigenvalue weighted by atomic mass is 35.5. The first-order valence-corrected chi connectivity index (χ1v) is 6.70. The maximum absolute atomic E-state index is 2.34. The molecule has 0 aromatic rings. The smallest absolute Gasteiger partial charge is 0.0801 e. The molecule has 92 valence electrons. The van der Waals surface area contributed by atoms with E-state index in [0.29, 0.717) is 0 Å². The molecule has 0 aromatic heterocycles. The van der Waals surface area contributed by atoms with Crippen LogP contribution in [0.1, 0.15) is 58.8 Å². The lowest BCUT2D eigenvalue weighted by molar-refractivity contribution is -0.889. The Labute approximate surface area is 102 Å². The zero-order valence-corrected chi connectivity index (χ0v) is 11.3. The molecule has 0 amide bonds. The summed E-state index contributed by atoms with van der Waals surface area (Å²) in [5.74, 6) is 1.04. The van der Waals surface area contributed by atoms with Gasteiger partial charge in [0.15, 0.2) is 0 Å². The molecule has 15 heavy (non-hydrogen) atoms. The summed E-state index contributed by atoms with van der Waals surface area (Å²) in [5, 5.41) is 0. The summed E-state index contributed by atoms with van der Waals surface area (Å²) >= 11 is 0. The fourth-order valence-corrected chi connectivity index (χ4v) is 2.57. The van der Waals surface area contributed by atoms with E-state index in [-0.39, 0.29) is 12.4 Å². The van der Waals surface area contributed by atoms with Crippen molar-refractivity contribution in [2.75, 3.05) is 19.6 Å². The minimum atomic E-state index is 0. The third kappa shape index (κ3) is 6.42. The standard InChI is InChI=1S/C13H27N.ClH/c1-3-5-6-7-8-10-14-11-9-13(4-2)12-14;/h13H,3-12H2,1-2H3;1H. The predicted octanol–water partition coefficient (Wildman–Crippen LogP) is -0.724. The molecule has 1 rings (SSSR count). The molecule has 2 unspecified atom stereocenters. The Morgan fingerprint density at radius 1 is 1.07 bits per heavy atom. The second kappa shape index (κ2) is 9.47. The molecular weight excluding hydrogens is 206 g/mol. The maximum Gasteiger partial charge on any atom is 0.0801 e. The van der Waals surface area contributed by atoms with Crippen LogP contribution in [0.3, 0.4) is 0 Å². The van der Waals surface area contributed by atoms with Crippen molar-refractivity contribution >= 4 is 0 Å². The van der Waals surface area contributed by atoms with Crippen molar-refractivity contribution in [3.05, 3.63) is 0 Å². The van der Waals surface area contributed by atoms with E-state index in [1.807, 2.05) is 4.90 Å². The van der Waals surface area contributed by atoms with Gasteiger partial charge in [0.05, 0.1) is 19.6 Å². The van der Waals surface area contributed by atoms with Crippen molar-refractivity contribution < 1.29 is 17.3 Å². The summed E-state index contributed by atoms with van der Waals surface area (Å²) < 4.78 is 0. The lowest BCUT2D eigenvalue weighted by Gasteiger charge is -2.12. The Kier molecular flexibility index (Phi) is 9.63. The average molecular weight is 234 g/mol. The zero-order valence-electron chi connectivity index (χ0n) is 10.5. The summed E-state index contributed by atoms with van der Waals surface area (Å²) in [7, 11) is 0. The van der Waals surface area contributed by atoms with E-state index in [4.69, 9.17) is 0 Å². The van der Waals surface area contributed by atoms with E-state index in [1.54, 1.807) is 0 Å². The fourth-order valence-electron chi connectivity index (χ4n) is 2.57. The van der Waals surface area contributed by atoms with E-state index < -0.39 is 0 Å². The number of halogens is 1. The van der Waals surface area contributed by atoms with E-state index in [9.17, 15) is 0 Å². The summed E-state index contributed by atoms with van der Waals surface area (Å²) in [6.45, 7) is 8.99. The van der Waals surface area contributed by atoms with Crippen LogP contribution in [0.5, 0.6) is 0 Å². The number of nitrogens with one attached hydrogen (secondary N) is 1. The SMILES string of the molecule is CCCCCCC[NH+]1CCC(CC)C1.[Cl-]. The Hall–Kier alpha value is 0.250. The minimum Gasteiger partial charge on any atom is -1.00 e. The molecule has 2 atom stereocenters. The van der Waals surface area contributed by atoms with Crippen LogP contribution < -0.4 is 17.3 Å². The van der Waals surface area contributed by atoms with Gasteiger partial charge in [0, 0.05) is 12.3 Å². The molecule has 1 N–H and O–H groups in total. The number of quaternary nitrogens is 1. The normalized spacial score (nSPS) is 25.2. The number of rotatable bonds is 7. The topological polar surface area (TPSA) is 4.44 Å². The Morgan fingerprint density at radius 3 is 2.40 bits per heavy atom. The van der Waals surface area contributed by atoms with Gasteiger partial charge in [0.1, 0.15) is 0 Å². The van der Waals surface area contributed by atoms with Gasteiger partial charge in [-0.15, -0.1) is 0 Å². The number of unbranched alkanes of at least 4 members (excludes halogenated alkanes) is 4. The third-order valence-electron chi connectivity index (χ3n) is 3.69. The van der Waals surface area contributed by atoms with Crippen LogP contribution in [0.4, 0.5) is 0 Å². The zero-order chi connectivity index (χ0) is 10.2. The second-order valence-electron chi connectivity index (χ2n) is 4.93. The van der Waals surface area contributed by atoms with Gasteiger partial charge in [0.25, 0.3) is 0 Å². The van der Waals surface area contributed by atoms with Crippen molar-refractivity contribution in [2.45, 2.75) is 58.8 Å². The predicted molar refractivity (Wildman–Crippen MR) is 62.7 cm³/mol. The number of likely N-dealkylation sites (tertiary alicyclic amines) is 1. The van der Waals surface area contributed by atoms with Crippen LogP contribution in [-0.2, 0) is 0 Å². The Balaban J connectivity index is 0.00000196. The van der Waals surface area contributed by atoms with Gasteiger partial charge in [-0.25, -0.2) is 0 Å². The lowest BCUT2D eigenvalue weighted by atomic mass is 10.1. The van der Waals surface area contributed by atoms with Crippen molar-refractivity contribution in [3.8, 4) is 0 Å². The molecule has 0 aliphatic carbocycles. The minimum absolute atomic E-state index is 0. The summed E-state index contributed by atoms with van der Waals surface area (Å²) in [6, 6.07) is 0. The summed E-state index contributed by atoms with van der Waals surface area (Å²) in [5.41, 5.74) is 0. The molecule has 0 radical (unpaired) electrons. The monoisotopic (exact) mass is 233 g/mol. The largest absolute Gasteiger partial charge is 1.00 e. The molecular formula is C13H28ClN. The van der Waals surface area contributed by atoms with Crippen LogP contribution in [0.15, 0.2) is 0 Å². The first kappa shape index (κ1) is 15.2. The third-order valence-corrected chi connectivity index (χ3v) is 3.69. The first-order valence-electron chi connectivity index (χ1n) is 6.70. The van der Waals surface area contributed by atoms with E-state index in [0.717, 1.165) is 5.92 Å². The number of hydrogen-bond acceptors (Lipinski definition) is 0. The van der Waals surface area contributed by atoms with Crippen LogP contribution in [0, 0.1) is 5.92 Å². The van der Waals surface area contributed by atoms with Crippen LogP contribution >= 0.6 is 0 Å². The molecule has 0 spiro atoms. The van der Waals surface area contributed by atoms with Gasteiger partial charge in [-0.05, 0) is 19.3 Å². The first-order chi connectivity index (χ1) is 6.86. The highest BCUT2D eigenvalue weighted by Crippen LogP contribution is 2.08. The van der Waals surface area contributed by atoms with E-state index in [1.165, 1.54) is 64.6 Å². The van der Waals surface area contributed by atoms with Crippen LogP contribution in [0.25, 0.3) is 0 Å². The van der Waals surface area contributed by atoms with Crippen LogP contribution in [-0.4, -0.2) is 19.6 Å². The van der Waals surface area contributed by atoms with Gasteiger partial charge >= 0.3 is 0 Å². The van der Waals surface area contributed by atoms with Crippen molar-refractivity contribution in [1.29, 1.82) is 0 Å².